The molecule has 3 heterocycles. The van der Waals surface area contributed by atoms with Crippen molar-refractivity contribution in [2.24, 2.45) is 5.92 Å². The Morgan fingerprint density at radius 3 is 2.57 bits per heavy atom. The van der Waals surface area contributed by atoms with E-state index in [1.54, 1.807) is 35.0 Å². The molecule has 0 bridgehead atoms. The van der Waals surface area contributed by atoms with E-state index in [1.807, 2.05) is 32.0 Å². The summed E-state index contributed by atoms with van der Waals surface area (Å²) in [6.45, 7) is 4.37. The number of amides is 1. The molecule has 0 aliphatic carbocycles. The highest BCUT2D eigenvalue weighted by Crippen LogP contribution is 2.29. The van der Waals surface area contributed by atoms with Crippen molar-refractivity contribution in [1.82, 2.24) is 24.4 Å². The standard InChI is InChI=1S/C21H20N6O3/c1-14(2)12-26-19(17(11-23-26)21(29)30)20(28)27(15-6-4-3-5-7-15)16-8-9-25-18(10-16)22-13-24-25/h3-11,13-14H,12H2,1-2H3,(H,29,30). The molecular formula is C21H20N6O3. The van der Waals surface area contributed by atoms with Crippen molar-refractivity contribution in [3.63, 3.8) is 0 Å². The van der Waals surface area contributed by atoms with E-state index in [2.05, 4.69) is 15.2 Å². The molecule has 0 radical (unpaired) electrons. The van der Waals surface area contributed by atoms with Gasteiger partial charge >= 0.3 is 5.97 Å². The molecule has 152 valence electrons. The van der Waals surface area contributed by atoms with Crippen LogP contribution in [-0.4, -0.2) is 41.4 Å². The van der Waals surface area contributed by atoms with Gasteiger partial charge in [0, 0.05) is 24.5 Å². The Hall–Kier alpha value is -4.01. The largest absolute Gasteiger partial charge is 0.478 e. The highest BCUT2D eigenvalue weighted by molar-refractivity contribution is 6.14. The molecule has 30 heavy (non-hydrogen) atoms. The van der Waals surface area contributed by atoms with Gasteiger partial charge in [-0.2, -0.15) is 10.2 Å². The number of carbonyl (C=O) groups is 2. The molecule has 4 rings (SSSR count). The number of para-hydroxylation sites is 1. The second-order valence-corrected chi connectivity index (χ2v) is 7.21. The second-order valence-electron chi connectivity index (χ2n) is 7.21. The third-order valence-corrected chi connectivity index (χ3v) is 4.55. The van der Waals surface area contributed by atoms with Crippen LogP contribution in [0.3, 0.4) is 0 Å². The van der Waals surface area contributed by atoms with Crippen molar-refractivity contribution >= 4 is 28.9 Å². The van der Waals surface area contributed by atoms with Gasteiger partial charge in [-0.05, 0) is 24.1 Å². The highest BCUT2D eigenvalue weighted by atomic mass is 16.4. The quantitative estimate of drug-likeness (QED) is 0.529. The van der Waals surface area contributed by atoms with Crippen molar-refractivity contribution < 1.29 is 14.7 Å². The fourth-order valence-corrected chi connectivity index (χ4v) is 3.26. The van der Waals surface area contributed by atoms with E-state index >= 15 is 0 Å². The summed E-state index contributed by atoms with van der Waals surface area (Å²) in [4.78, 5) is 31.2. The summed E-state index contributed by atoms with van der Waals surface area (Å²) in [7, 11) is 0. The highest BCUT2D eigenvalue weighted by Gasteiger charge is 2.29. The number of rotatable bonds is 6. The van der Waals surface area contributed by atoms with Crippen LogP contribution in [0.15, 0.2) is 61.2 Å². The maximum absolute atomic E-state index is 13.8. The molecule has 4 aromatic rings. The van der Waals surface area contributed by atoms with Gasteiger partial charge in [-0.25, -0.2) is 14.3 Å². The molecule has 0 spiro atoms. The van der Waals surface area contributed by atoms with Crippen LogP contribution in [-0.2, 0) is 6.54 Å². The zero-order valence-electron chi connectivity index (χ0n) is 16.5. The molecule has 1 aromatic carbocycles. The maximum atomic E-state index is 13.8. The molecule has 0 saturated heterocycles. The molecule has 0 aliphatic rings. The summed E-state index contributed by atoms with van der Waals surface area (Å²) in [5.74, 6) is -1.51. The van der Waals surface area contributed by atoms with Crippen LogP contribution < -0.4 is 4.90 Å². The third-order valence-electron chi connectivity index (χ3n) is 4.55. The fraction of sp³-hybridized carbons (Fsp3) is 0.190. The molecular weight excluding hydrogens is 384 g/mol. The first-order chi connectivity index (χ1) is 14.5. The SMILES string of the molecule is CC(C)Cn1ncc(C(=O)O)c1C(=O)N(c1ccccc1)c1ccn2ncnc2c1. The first-order valence-corrected chi connectivity index (χ1v) is 9.43. The van der Waals surface area contributed by atoms with Crippen LogP contribution in [0.2, 0.25) is 0 Å². The van der Waals surface area contributed by atoms with Gasteiger partial charge in [-0.3, -0.25) is 14.4 Å². The smallest absolute Gasteiger partial charge is 0.339 e. The van der Waals surface area contributed by atoms with Crippen molar-refractivity contribution in [3.8, 4) is 0 Å². The number of aromatic nitrogens is 5. The minimum absolute atomic E-state index is 0.0291. The summed E-state index contributed by atoms with van der Waals surface area (Å²) in [5, 5.41) is 17.9. The predicted octanol–water partition coefficient (Wildman–Crippen LogP) is 3.26. The monoisotopic (exact) mass is 404 g/mol. The number of hydrogen-bond acceptors (Lipinski definition) is 5. The summed E-state index contributed by atoms with van der Waals surface area (Å²) >= 11 is 0. The van der Waals surface area contributed by atoms with Gasteiger partial charge < -0.3 is 5.11 Å². The summed E-state index contributed by atoms with van der Waals surface area (Å²) in [5.41, 5.74) is 1.60. The van der Waals surface area contributed by atoms with E-state index in [0.29, 0.717) is 23.6 Å². The van der Waals surface area contributed by atoms with Gasteiger partial charge in [0.2, 0.25) is 0 Å². The Bertz CT molecular complexity index is 1210. The number of hydrogen-bond donors (Lipinski definition) is 1. The number of carbonyl (C=O) groups excluding carboxylic acids is 1. The maximum Gasteiger partial charge on any atom is 0.339 e. The number of anilines is 2. The number of carboxylic acid groups (broad SMARTS) is 1. The molecule has 9 heteroatoms. The first kappa shape index (κ1) is 19.3. The first-order valence-electron chi connectivity index (χ1n) is 9.43. The van der Waals surface area contributed by atoms with Gasteiger partial charge in [0.15, 0.2) is 5.65 Å². The molecule has 1 N–H and O–H groups in total. The summed E-state index contributed by atoms with van der Waals surface area (Å²) in [6.07, 6.45) is 4.35. The van der Waals surface area contributed by atoms with E-state index in [9.17, 15) is 14.7 Å². The van der Waals surface area contributed by atoms with Gasteiger partial charge in [-0.15, -0.1) is 0 Å². The average Bonchev–Trinajstić information content (AvgIpc) is 3.35. The second kappa shape index (κ2) is 7.78. The van der Waals surface area contributed by atoms with Crippen LogP contribution in [0.1, 0.15) is 34.7 Å². The molecule has 0 saturated carbocycles. The zero-order chi connectivity index (χ0) is 21.3. The number of nitrogens with zero attached hydrogens (tertiary/aromatic N) is 6. The van der Waals surface area contributed by atoms with E-state index in [0.717, 1.165) is 0 Å². The number of pyridine rings is 1. The number of carboxylic acids is 1. The Labute approximate surface area is 172 Å². The zero-order valence-corrected chi connectivity index (χ0v) is 16.5. The normalized spacial score (nSPS) is 11.2. The number of aromatic carboxylic acids is 1. The third kappa shape index (κ3) is 3.52. The minimum Gasteiger partial charge on any atom is -0.478 e. The average molecular weight is 404 g/mol. The van der Waals surface area contributed by atoms with Crippen molar-refractivity contribution in [3.05, 3.63) is 72.4 Å². The van der Waals surface area contributed by atoms with Gasteiger partial charge in [0.25, 0.3) is 5.91 Å². The van der Waals surface area contributed by atoms with Crippen LogP contribution in [0.5, 0.6) is 0 Å². The van der Waals surface area contributed by atoms with Crippen molar-refractivity contribution in [1.29, 1.82) is 0 Å². The minimum atomic E-state index is -1.20. The van der Waals surface area contributed by atoms with E-state index in [1.165, 1.54) is 22.1 Å². The molecule has 3 aromatic heterocycles. The number of fused-ring (bicyclic) bond motifs is 1. The molecule has 0 unspecified atom stereocenters. The summed E-state index contributed by atoms with van der Waals surface area (Å²) < 4.78 is 3.05. The lowest BCUT2D eigenvalue weighted by Gasteiger charge is -2.24. The number of benzene rings is 1. The Balaban J connectivity index is 1.89. The Morgan fingerprint density at radius 2 is 1.87 bits per heavy atom. The van der Waals surface area contributed by atoms with E-state index < -0.39 is 11.9 Å². The van der Waals surface area contributed by atoms with Gasteiger partial charge in [-0.1, -0.05) is 32.0 Å². The lowest BCUT2D eigenvalue weighted by Crippen LogP contribution is -2.30. The predicted molar refractivity (Wildman–Crippen MR) is 110 cm³/mol. The molecule has 1 amide bonds. The lowest BCUT2D eigenvalue weighted by atomic mass is 10.1. The molecule has 0 atom stereocenters. The van der Waals surface area contributed by atoms with Crippen LogP contribution in [0.4, 0.5) is 11.4 Å². The van der Waals surface area contributed by atoms with Gasteiger partial charge in [0.1, 0.15) is 17.6 Å². The molecule has 0 aliphatic heterocycles. The van der Waals surface area contributed by atoms with Crippen molar-refractivity contribution in [2.45, 2.75) is 20.4 Å². The van der Waals surface area contributed by atoms with Gasteiger partial charge in [0.05, 0.1) is 11.9 Å². The molecule has 9 nitrogen and oxygen atoms in total. The van der Waals surface area contributed by atoms with E-state index in [-0.39, 0.29) is 17.2 Å². The van der Waals surface area contributed by atoms with Crippen LogP contribution in [0.25, 0.3) is 5.65 Å². The van der Waals surface area contributed by atoms with Crippen LogP contribution >= 0.6 is 0 Å². The summed E-state index contributed by atoms with van der Waals surface area (Å²) in [6, 6.07) is 12.5. The lowest BCUT2D eigenvalue weighted by molar-refractivity contribution is 0.0691. The van der Waals surface area contributed by atoms with E-state index in [4.69, 9.17) is 0 Å². The van der Waals surface area contributed by atoms with Crippen molar-refractivity contribution in [2.75, 3.05) is 4.90 Å². The van der Waals surface area contributed by atoms with Crippen LogP contribution in [0, 0.1) is 5.92 Å². The topological polar surface area (TPSA) is 106 Å². The Kier molecular flexibility index (Phi) is 5.01. The fourth-order valence-electron chi connectivity index (χ4n) is 3.26. The molecule has 0 fully saturated rings. The Morgan fingerprint density at radius 1 is 1.10 bits per heavy atom.